The Labute approximate surface area is 136 Å². The van der Waals surface area contributed by atoms with Gasteiger partial charge in [0.1, 0.15) is 5.82 Å². The first-order valence-corrected chi connectivity index (χ1v) is 9.27. The Morgan fingerprint density at radius 1 is 1.38 bits per heavy atom. The Balaban J connectivity index is 3.10. The first-order chi connectivity index (χ1) is 9.52. The highest BCUT2D eigenvalue weighted by Gasteiger charge is 2.23. The molecule has 1 unspecified atom stereocenters. The average molecular weight is 402 g/mol. The zero-order valence-corrected chi connectivity index (χ0v) is 14.9. The Kier molecular flexibility index (Phi) is 6.19. The molecule has 0 saturated carbocycles. The van der Waals surface area contributed by atoms with Gasteiger partial charge in [-0.25, -0.2) is 17.6 Å². The zero-order valence-electron chi connectivity index (χ0n) is 11.7. The molecule has 118 valence electrons. The molecule has 0 bridgehead atoms. The fourth-order valence-corrected chi connectivity index (χ4v) is 4.00. The summed E-state index contributed by atoms with van der Waals surface area (Å²) in [6.45, 7) is 5.61. The maximum absolute atomic E-state index is 13.8. The van der Waals surface area contributed by atoms with Crippen LogP contribution in [0, 0.1) is 11.7 Å². The van der Waals surface area contributed by atoms with E-state index in [0.29, 0.717) is 12.3 Å². The van der Waals surface area contributed by atoms with Crippen LogP contribution in [0.4, 0.5) is 4.39 Å². The normalized spacial score (nSPS) is 13.3. The Bertz CT molecular complexity index is 646. The number of benzene rings is 1. The molecule has 1 rings (SSSR count). The molecule has 0 aromatic heterocycles. The van der Waals surface area contributed by atoms with E-state index in [-0.39, 0.29) is 9.37 Å². The van der Waals surface area contributed by atoms with Gasteiger partial charge in [-0.05, 0) is 47.3 Å². The predicted molar refractivity (Wildman–Crippen MR) is 81.5 cm³/mol. The van der Waals surface area contributed by atoms with Crippen LogP contribution in [0.15, 0.2) is 21.5 Å². The summed E-state index contributed by atoms with van der Waals surface area (Å²) < 4.78 is 41.6. The van der Waals surface area contributed by atoms with Crippen LogP contribution < -0.4 is 0 Å². The van der Waals surface area contributed by atoms with Crippen LogP contribution in [-0.4, -0.2) is 20.5 Å². The highest BCUT2D eigenvalue weighted by molar-refractivity contribution is 9.10. The maximum atomic E-state index is 13.8. The van der Waals surface area contributed by atoms with E-state index in [0.717, 1.165) is 12.1 Å². The van der Waals surface area contributed by atoms with E-state index in [4.69, 9.17) is 15.4 Å². The summed E-state index contributed by atoms with van der Waals surface area (Å²) in [5, 5.41) is 0. The minimum absolute atomic E-state index is 0.0539. The first-order valence-electron chi connectivity index (χ1n) is 6.17. The number of hydrogen-bond acceptors (Lipinski definition) is 4. The second-order valence-corrected chi connectivity index (χ2v) is 8.43. The summed E-state index contributed by atoms with van der Waals surface area (Å²) >= 11 is 2.89. The van der Waals surface area contributed by atoms with Crippen molar-refractivity contribution < 1.29 is 22.3 Å². The molecule has 0 spiro atoms. The van der Waals surface area contributed by atoms with Crippen LogP contribution in [0.5, 0.6) is 0 Å². The zero-order chi connectivity index (χ0) is 16.4. The van der Waals surface area contributed by atoms with E-state index in [1.165, 1.54) is 0 Å². The van der Waals surface area contributed by atoms with Crippen molar-refractivity contribution in [3.05, 3.63) is 28.0 Å². The van der Waals surface area contributed by atoms with Gasteiger partial charge in [0.15, 0.2) is 0 Å². The van der Waals surface area contributed by atoms with E-state index in [9.17, 15) is 17.6 Å². The van der Waals surface area contributed by atoms with Crippen molar-refractivity contribution in [1.29, 1.82) is 0 Å². The lowest BCUT2D eigenvalue weighted by Gasteiger charge is -2.15. The lowest BCUT2D eigenvalue weighted by atomic mass is 10.1. The van der Waals surface area contributed by atoms with Crippen LogP contribution in [0.25, 0.3) is 0 Å². The summed E-state index contributed by atoms with van der Waals surface area (Å²) in [6.07, 6.45) is 0.210. The molecule has 0 radical (unpaired) electrons. The number of hydrogen-bond donors (Lipinski definition) is 0. The van der Waals surface area contributed by atoms with E-state index in [2.05, 4.69) is 15.9 Å². The van der Waals surface area contributed by atoms with Crippen LogP contribution in [0.2, 0.25) is 0 Å². The first kappa shape index (κ1) is 18.4. The fraction of sp³-hybridized carbons (Fsp3) is 0.462. The predicted octanol–water partition coefficient (Wildman–Crippen LogP) is 4.11. The highest BCUT2D eigenvalue weighted by atomic mass is 79.9. The van der Waals surface area contributed by atoms with Crippen molar-refractivity contribution in [3.8, 4) is 0 Å². The van der Waals surface area contributed by atoms with Crippen molar-refractivity contribution in [2.45, 2.75) is 38.2 Å². The molecule has 21 heavy (non-hydrogen) atoms. The average Bonchev–Trinajstić information content (AvgIpc) is 2.24. The molecule has 0 aliphatic rings. The lowest BCUT2D eigenvalue weighted by Crippen LogP contribution is -2.18. The number of carbonyl (C=O) groups is 1. The maximum Gasteiger partial charge on any atom is 0.341 e. The number of halogens is 3. The van der Waals surface area contributed by atoms with Gasteiger partial charge in [-0.1, -0.05) is 13.8 Å². The van der Waals surface area contributed by atoms with Crippen LogP contribution >= 0.6 is 26.6 Å². The summed E-state index contributed by atoms with van der Waals surface area (Å²) in [5.41, 5.74) is -0.465. The standard InChI is InChI=1S/C13H15BrClFO4S/c1-7(2)4-8(3)20-13(17)9-5-12(21(15,18)19)10(14)6-11(9)16/h5-8H,4H2,1-3H3. The number of rotatable bonds is 5. The van der Waals surface area contributed by atoms with Gasteiger partial charge in [0.05, 0.1) is 16.6 Å². The van der Waals surface area contributed by atoms with Gasteiger partial charge in [0, 0.05) is 15.2 Å². The Morgan fingerprint density at radius 2 is 1.95 bits per heavy atom. The van der Waals surface area contributed by atoms with Crippen molar-refractivity contribution in [3.63, 3.8) is 0 Å². The molecule has 8 heteroatoms. The third kappa shape index (κ3) is 5.23. The van der Waals surface area contributed by atoms with Crippen molar-refractivity contribution >= 4 is 41.6 Å². The molecule has 1 aromatic rings. The fourth-order valence-electron chi connectivity index (χ4n) is 1.83. The topological polar surface area (TPSA) is 60.4 Å². The second kappa shape index (κ2) is 7.07. The molecule has 4 nitrogen and oxygen atoms in total. The van der Waals surface area contributed by atoms with Gasteiger partial charge in [0.2, 0.25) is 0 Å². The van der Waals surface area contributed by atoms with Gasteiger partial charge in [-0.2, -0.15) is 0 Å². The number of esters is 1. The molecular formula is C13H15BrClFO4S. The molecule has 0 aliphatic carbocycles. The molecular weight excluding hydrogens is 387 g/mol. The quantitative estimate of drug-likeness (QED) is 0.550. The Hall–Kier alpha value is -0.660. The third-order valence-electron chi connectivity index (χ3n) is 2.62. The number of ether oxygens (including phenoxy) is 1. The molecule has 0 aliphatic heterocycles. The van der Waals surface area contributed by atoms with Crippen LogP contribution in [-0.2, 0) is 13.8 Å². The minimum atomic E-state index is -4.10. The van der Waals surface area contributed by atoms with E-state index in [1.54, 1.807) is 6.92 Å². The second-order valence-electron chi connectivity index (χ2n) is 5.05. The molecule has 0 saturated heterocycles. The molecule has 0 heterocycles. The molecule has 0 fully saturated rings. The van der Waals surface area contributed by atoms with Crippen molar-refractivity contribution in [2.24, 2.45) is 5.92 Å². The third-order valence-corrected chi connectivity index (χ3v) is 4.90. The minimum Gasteiger partial charge on any atom is -0.459 e. The van der Waals surface area contributed by atoms with Gasteiger partial charge in [-0.15, -0.1) is 0 Å². The van der Waals surface area contributed by atoms with Gasteiger partial charge < -0.3 is 4.74 Å². The van der Waals surface area contributed by atoms with Gasteiger partial charge in [0.25, 0.3) is 9.05 Å². The smallest absolute Gasteiger partial charge is 0.341 e. The van der Waals surface area contributed by atoms with Crippen molar-refractivity contribution in [2.75, 3.05) is 0 Å². The van der Waals surface area contributed by atoms with Gasteiger partial charge >= 0.3 is 5.97 Å². The number of carbonyl (C=O) groups excluding carboxylic acids is 1. The molecule has 0 amide bonds. The van der Waals surface area contributed by atoms with E-state index in [1.807, 2.05) is 13.8 Å². The largest absolute Gasteiger partial charge is 0.459 e. The molecule has 0 N–H and O–H groups in total. The van der Waals surface area contributed by atoms with E-state index >= 15 is 0 Å². The summed E-state index contributed by atoms with van der Waals surface area (Å²) in [5.74, 6) is -1.50. The highest BCUT2D eigenvalue weighted by Crippen LogP contribution is 2.28. The molecule has 1 atom stereocenters. The SMILES string of the molecule is CC(C)CC(C)OC(=O)c1cc(S(=O)(=O)Cl)c(Br)cc1F. The van der Waals surface area contributed by atoms with E-state index < -0.39 is 32.5 Å². The van der Waals surface area contributed by atoms with Crippen molar-refractivity contribution in [1.82, 2.24) is 0 Å². The van der Waals surface area contributed by atoms with Crippen LogP contribution in [0.3, 0.4) is 0 Å². The summed E-state index contributed by atoms with van der Waals surface area (Å²) in [6, 6.07) is 1.74. The Morgan fingerprint density at radius 3 is 2.43 bits per heavy atom. The molecule has 1 aromatic carbocycles. The lowest BCUT2D eigenvalue weighted by molar-refractivity contribution is 0.0294. The summed E-state index contributed by atoms with van der Waals surface area (Å²) in [7, 11) is 1.13. The summed E-state index contributed by atoms with van der Waals surface area (Å²) in [4.78, 5) is 11.6. The van der Waals surface area contributed by atoms with Crippen LogP contribution in [0.1, 0.15) is 37.6 Å². The van der Waals surface area contributed by atoms with Gasteiger partial charge in [-0.3, -0.25) is 0 Å². The monoisotopic (exact) mass is 400 g/mol.